The lowest BCUT2D eigenvalue weighted by molar-refractivity contribution is -0.127. The SMILES string of the molecule is Cc1ccc(NCC(=O)NNC(=O)CNC(=O)c2cccc(F)c2)cc1. The maximum atomic E-state index is 13.0. The summed E-state index contributed by atoms with van der Waals surface area (Å²) < 4.78 is 13.0. The molecular weight excluding hydrogens is 339 g/mol. The number of benzene rings is 2. The molecule has 0 aliphatic heterocycles. The van der Waals surface area contributed by atoms with Gasteiger partial charge in [-0.2, -0.15) is 0 Å². The fourth-order valence-corrected chi connectivity index (χ4v) is 1.97. The molecule has 0 unspecified atom stereocenters. The van der Waals surface area contributed by atoms with Gasteiger partial charge in [0.2, 0.25) is 0 Å². The van der Waals surface area contributed by atoms with Crippen LogP contribution in [0.3, 0.4) is 0 Å². The van der Waals surface area contributed by atoms with Crippen LogP contribution in [0.5, 0.6) is 0 Å². The number of amides is 3. The first-order chi connectivity index (χ1) is 12.4. The van der Waals surface area contributed by atoms with Gasteiger partial charge in [0.15, 0.2) is 0 Å². The van der Waals surface area contributed by atoms with Crippen LogP contribution in [-0.2, 0) is 9.59 Å². The molecule has 8 heteroatoms. The first-order valence-electron chi connectivity index (χ1n) is 7.86. The molecule has 0 aliphatic carbocycles. The average Bonchev–Trinajstić information content (AvgIpc) is 2.64. The molecule has 0 spiro atoms. The third kappa shape index (κ3) is 6.23. The highest BCUT2D eigenvalue weighted by atomic mass is 19.1. The van der Waals surface area contributed by atoms with Crippen LogP contribution in [0.1, 0.15) is 15.9 Å². The minimum absolute atomic E-state index is 0.0288. The van der Waals surface area contributed by atoms with Crippen molar-refractivity contribution >= 4 is 23.4 Å². The number of halogens is 1. The van der Waals surface area contributed by atoms with E-state index < -0.39 is 23.5 Å². The maximum absolute atomic E-state index is 13.0. The van der Waals surface area contributed by atoms with Gasteiger partial charge in [-0.3, -0.25) is 25.2 Å². The quantitative estimate of drug-likeness (QED) is 0.582. The maximum Gasteiger partial charge on any atom is 0.257 e. The highest BCUT2D eigenvalue weighted by molar-refractivity contribution is 5.96. The zero-order valence-electron chi connectivity index (χ0n) is 14.1. The topological polar surface area (TPSA) is 99.3 Å². The lowest BCUT2D eigenvalue weighted by Gasteiger charge is -2.10. The van der Waals surface area contributed by atoms with Gasteiger partial charge in [-0.25, -0.2) is 4.39 Å². The minimum atomic E-state index is -0.613. The van der Waals surface area contributed by atoms with Gasteiger partial charge in [-0.1, -0.05) is 23.8 Å². The van der Waals surface area contributed by atoms with E-state index in [1.807, 2.05) is 31.2 Å². The molecule has 7 nitrogen and oxygen atoms in total. The molecule has 2 aromatic carbocycles. The van der Waals surface area contributed by atoms with Crippen molar-refractivity contribution in [2.75, 3.05) is 18.4 Å². The summed E-state index contributed by atoms with van der Waals surface area (Å²) in [6.07, 6.45) is 0. The van der Waals surface area contributed by atoms with E-state index in [1.165, 1.54) is 18.2 Å². The fraction of sp³-hybridized carbons (Fsp3) is 0.167. The predicted octanol–water partition coefficient (Wildman–Crippen LogP) is 1.12. The molecule has 4 N–H and O–H groups in total. The summed E-state index contributed by atoms with van der Waals surface area (Å²) in [5.74, 6) is -2.20. The number of nitrogens with one attached hydrogen (secondary N) is 4. The largest absolute Gasteiger partial charge is 0.376 e. The highest BCUT2D eigenvalue weighted by Gasteiger charge is 2.09. The second-order valence-corrected chi connectivity index (χ2v) is 5.51. The highest BCUT2D eigenvalue weighted by Crippen LogP contribution is 2.07. The number of aryl methyl sites for hydroxylation is 1. The van der Waals surface area contributed by atoms with Crippen molar-refractivity contribution in [2.24, 2.45) is 0 Å². The molecule has 3 amide bonds. The number of hydrogen-bond acceptors (Lipinski definition) is 4. The van der Waals surface area contributed by atoms with E-state index in [1.54, 1.807) is 0 Å². The van der Waals surface area contributed by atoms with Gasteiger partial charge >= 0.3 is 0 Å². The summed E-state index contributed by atoms with van der Waals surface area (Å²) in [4.78, 5) is 35.1. The zero-order chi connectivity index (χ0) is 18.9. The number of rotatable bonds is 6. The first kappa shape index (κ1) is 18.9. The molecular formula is C18H19FN4O3. The number of hydrogen-bond donors (Lipinski definition) is 4. The molecule has 0 atom stereocenters. The van der Waals surface area contributed by atoms with Gasteiger partial charge in [0.05, 0.1) is 13.1 Å². The van der Waals surface area contributed by atoms with E-state index in [9.17, 15) is 18.8 Å². The van der Waals surface area contributed by atoms with Crippen LogP contribution >= 0.6 is 0 Å². The molecule has 0 bridgehead atoms. The molecule has 2 rings (SSSR count). The second kappa shape index (κ2) is 9.16. The van der Waals surface area contributed by atoms with E-state index >= 15 is 0 Å². The van der Waals surface area contributed by atoms with E-state index in [-0.39, 0.29) is 18.7 Å². The Morgan fingerprint density at radius 3 is 2.23 bits per heavy atom. The van der Waals surface area contributed by atoms with E-state index in [2.05, 4.69) is 21.5 Å². The number of carbonyl (C=O) groups excluding carboxylic acids is 3. The van der Waals surface area contributed by atoms with Crippen LogP contribution in [-0.4, -0.2) is 30.8 Å². The van der Waals surface area contributed by atoms with Gasteiger partial charge in [0.25, 0.3) is 17.7 Å². The third-order valence-electron chi connectivity index (χ3n) is 3.34. The lowest BCUT2D eigenvalue weighted by atomic mass is 10.2. The number of anilines is 1. The van der Waals surface area contributed by atoms with Gasteiger partial charge in [0.1, 0.15) is 5.82 Å². The molecule has 2 aromatic rings. The smallest absolute Gasteiger partial charge is 0.257 e. The predicted molar refractivity (Wildman–Crippen MR) is 94.7 cm³/mol. The van der Waals surface area contributed by atoms with Crippen molar-refractivity contribution < 1.29 is 18.8 Å². The lowest BCUT2D eigenvalue weighted by Crippen LogP contribution is -2.47. The second-order valence-electron chi connectivity index (χ2n) is 5.51. The summed E-state index contributed by atoms with van der Waals surface area (Å²) in [6, 6.07) is 12.6. The zero-order valence-corrected chi connectivity index (χ0v) is 14.1. The van der Waals surface area contributed by atoms with Gasteiger partial charge < -0.3 is 10.6 Å². The Labute approximate surface area is 149 Å². The van der Waals surface area contributed by atoms with Crippen LogP contribution in [0.2, 0.25) is 0 Å². The van der Waals surface area contributed by atoms with Crippen LogP contribution in [0.25, 0.3) is 0 Å². The summed E-state index contributed by atoms with van der Waals surface area (Å²) in [6.45, 7) is 1.57. The van der Waals surface area contributed by atoms with Crippen LogP contribution in [0, 0.1) is 12.7 Å². The van der Waals surface area contributed by atoms with Gasteiger partial charge in [-0.15, -0.1) is 0 Å². The van der Waals surface area contributed by atoms with E-state index in [0.29, 0.717) is 0 Å². The number of carbonyl (C=O) groups is 3. The van der Waals surface area contributed by atoms with E-state index in [4.69, 9.17) is 0 Å². The molecule has 0 radical (unpaired) electrons. The Bertz CT molecular complexity index is 793. The van der Waals surface area contributed by atoms with Gasteiger partial charge in [0, 0.05) is 11.3 Å². The molecule has 26 heavy (non-hydrogen) atoms. The Morgan fingerprint density at radius 2 is 1.58 bits per heavy atom. The summed E-state index contributed by atoms with van der Waals surface area (Å²) in [5, 5.41) is 5.23. The molecule has 0 heterocycles. The summed E-state index contributed by atoms with van der Waals surface area (Å²) in [5.41, 5.74) is 6.39. The van der Waals surface area contributed by atoms with Crippen LogP contribution in [0.15, 0.2) is 48.5 Å². The van der Waals surface area contributed by atoms with Crippen LogP contribution < -0.4 is 21.5 Å². The Kier molecular flexibility index (Phi) is 6.67. The van der Waals surface area contributed by atoms with Crippen molar-refractivity contribution in [3.8, 4) is 0 Å². The fourth-order valence-electron chi connectivity index (χ4n) is 1.97. The van der Waals surface area contributed by atoms with E-state index in [0.717, 1.165) is 17.3 Å². The van der Waals surface area contributed by atoms with Crippen molar-refractivity contribution in [1.29, 1.82) is 0 Å². The van der Waals surface area contributed by atoms with Crippen molar-refractivity contribution in [1.82, 2.24) is 16.2 Å². The van der Waals surface area contributed by atoms with Gasteiger partial charge in [-0.05, 0) is 37.3 Å². The molecule has 0 saturated carbocycles. The molecule has 136 valence electrons. The molecule has 0 aromatic heterocycles. The normalized spacial score (nSPS) is 9.92. The standard InChI is InChI=1S/C18H19FN4O3/c1-12-5-7-15(8-6-12)20-10-16(24)22-23-17(25)11-21-18(26)13-3-2-4-14(19)9-13/h2-9,20H,10-11H2,1H3,(H,21,26)(H,22,24)(H,23,25). The third-order valence-corrected chi connectivity index (χ3v) is 3.34. The number of hydrazine groups is 1. The first-order valence-corrected chi connectivity index (χ1v) is 7.86. The monoisotopic (exact) mass is 358 g/mol. The van der Waals surface area contributed by atoms with Crippen LogP contribution in [0.4, 0.5) is 10.1 Å². The summed E-state index contributed by atoms with van der Waals surface area (Å²) >= 11 is 0. The minimum Gasteiger partial charge on any atom is -0.376 e. The van der Waals surface area contributed by atoms with Crippen molar-refractivity contribution in [3.05, 3.63) is 65.5 Å². The molecule has 0 aliphatic rings. The Hall–Kier alpha value is -3.42. The summed E-state index contributed by atoms with van der Waals surface area (Å²) in [7, 11) is 0. The Balaban J connectivity index is 1.67. The Morgan fingerprint density at radius 1 is 0.923 bits per heavy atom. The molecule has 0 saturated heterocycles. The molecule has 0 fully saturated rings. The van der Waals surface area contributed by atoms with Crippen molar-refractivity contribution in [2.45, 2.75) is 6.92 Å². The van der Waals surface area contributed by atoms with Crippen molar-refractivity contribution in [3.63, 3.8) is 0 Å². The average molecular weight is 358 g/mol.